The highest BCUT2D eigenvalue weighted by Crippen LogP contribution is 2.32. The van der Waals surface area contributed by atoms with Crippen LogP contribution in [0.4, 0.5) is 0 Å². The maximum Gasteiger partial charge on any atom is 0.337 e. The largest absolute Gasteiger partial charge is 0.468 e. The van der Waals surface area contributed by atoms with Crippen molar-refractivity contribution in [2.75, 3.05) is 21.0 Å². The second-order valence-electron chi connectivity index (χ2n) is 6.59. The number of ether oxygens (including phenoxy) is 4. The van der Waals surface area contributed by atoms with Crippen molar-refractivity contribution in [3.8, 4) is 11.5 Å². The van der Waals surface area contributed by atoms with Gasteiger partial charge in [-0.3, -0.25) is 9.59 Å². The van der Waals surface area contributed by atoms with Crippen LogP contribution in [0.1, 0.15) is 15.9 Å². The minimum atomic E-state index is -0.485. The molecule has 1 aliphatic rings. The van der Waals surface area contributed by atoms with Gasteiger partial charge >= 0.3 is 11.9 Å². The van der Waals surface area contributed by atoms with E-state index < -0.39 is 17.8 Å². The van der Waals surface area contributed by atoms with E-state index in [2.05, 4.69) is 4.99 Å². The quantitative estimate of drug-likeness (QED) is 0.557. The first-order valence-corrected chi connectivity index (χ1v) is 10.0. The van der Waals surface area contributed by atoms with Crippen LogP contribution in [0.3, 0.4) is 0 Å². The number of nitrogens with zero attached hydrogens (tertiary/aromatic N) is 2. The molecule has 0 aliphatic carbocycles. The predicted molar refractivity (Wildman–Crippen MR) is 110 cm³/mol. The van der Waals surface area contributed by atoms with Gasteiger partial charge in [-0.2, -0.15) is 4.99 Å². The van der Waals surface area contributed by atoms with Crippen molar-refractivity contribution >= 4 is 39.4 Å². The number of carbonyl (C=O) groups is 3. The summed E-state index contributed by atoms with van der Waals surface area (Å²) in [5.41, 5.74) is 1.74. The van der Waals surface area contributed by atoms with Crippen molar-refractivity contribution in [2.24, 2.45) is 4.99 Å². The van der Waals surface area contributed by atoms with E-state index in [1.807, 2.05) is 0 Å². The molecule has 0 unspecified atom stereocenters. The maximum absolute atomic E-state index is 12.7. The van der Waals surface area contributed by atoms with Gasteiger partial charge in [0.1, 0.15) is 6.54 Å². The second kappa shape index (κ2) is 8.60. The van der Waals surface area contributed by atoms with Crippen LogP contribution in [0.2, 0.25) is 0 Å². The van der Waals surface area contributed by atoms with E-state index in [1.54, 1.807) is 41.0 Å². The first-order chi connectivity index (χ1) is 15.0. The van der Waals surface area contributed by atoms with Crippen LogP contribution in [0.15, 0.2) is 41.4 Å². The third-order valence-electron chi connectivity index (χ3n) is 4.63. The molecule has 0 radical (unpaired) electrons. The Balaban J connectivity index is 1.70. The Morgan fingerprint density at radius 2 is 1.87 bits per heavy atom. The number of hydrogen-bond donors (Lipinski definition) is 0. The fourth-order valence-electron chi connectivity index (χ4n) is 3.12. The Bertz CT molecular complexity index is 1260. The molecule has 0 saturated heterocycles. The Hall–Kier alpha value is -3.66. The molecule has 0 fully saturated rings. The van der Waals surface area contributed by atoms with Gasteiger partial charge in [0.05, 0.1) is 36.4 Å². The van der Waals surface area contributed by atoms with Crippen molar-refractivity contribution in [1.82, 2.24) is 4.57 Å². The molecule has 0 spiro atoms. The summed E-state index contributed by atoms with van der Waals surface area (Å²) in [5.74, 6) is -0.135. The summed E-state index contributed by atoms with van der Waals surface area (Å²) in [7, 11) is 2.59. The molecule has 0 bridgehead atoms. The zero-order chi connectivity index (χ0) is 22.0. The van der Waals surface area contributed by atoms with E-state index in [0.717, 1.165) is 5.56 Å². The van der Waals surface area contributed by atoms with Gasteiger partial charge in [-0.25, -0.2) is 4.79 Å². The van der Waals surface area contributed by atoms with Crippen LogP contribution in [0, 0.1) is 0 Å². The van der Waals surface area contributed by atoms with Gasteiger partial charge in [0.15, 0.2) is 16.3 Å². The van der Waals surface area contributed by atoms with Gasteiger partial charge in [0, 0.05) is 0 Å². The van der Waals surface area contributed by atoms with Gasteiger partial charge in [0.2, 0.25) is 6.79 Å². The first-order valence-electron chi connectivity index (χ1n) is 9.23. The highest BCUT2D eigenvalue weighted by molar-refractivity contribution is 7.16. The van der Waals surface area contributed by atoms with Crippen molar-refractivity contribution in [3.05, 3.63) is 52.3 Å². The Kier molecular flexibility index (Phi) is 5.72. The lowest BCUT2D eigenvalue weighted by molar-refractivity contribution is -0.141. The summed E-state index contributed by atoms with van der Waals surface area (Å²) in [6.45, 7) is 0.0319. The number of aromatic nitrogens is 1. The average Bonchev–Trinajstić information content (AvgIpc) is 3.36. The molecule has 0 atom stereocenters. The van der Waals surface area contributed by atoms with Gasteiger partial charge in [-0.05, 0) is 35.9 Å². The molecule has 0 saturated carbocycles. The van der Waals surface area contributed by atoms with Crippen LogP contribution < -0.4 is 14.3 Å². The van der Waals surface area contributed by atoms with Crippen LogP contribution >= 0.6 is 11.3 Å². The Morgan fingerprint density at radius 3 is 2.65 bits per heavy atom. The van der Waals surface area contributed by atoms with E-state index >= 15 is 0 Å². The number of esters is 2. The SMILES string of the molecule is COC(=O)Cn1c(=NC(=O)Cc2ccc3c(c2)OCO3)sc2cc(C(=O)OC)ccc21. The third kappa shape index (κ3) is 4.29. The molecule has 3 aromatic rings. The molecule has 31 heavy (non-hydrogen) atoms. The molecule has 1 aromatic heterocycles. The van der Waals surface area contributed by atoms with Gasteiger partial charge < -0.3 is 23.5 Å². The molecule has 10 heteroatoms. The summed E-state index contributed by atoms with van der Waals surface area (Å²) in [5, 5.41) is 0. The smallest absolute Gasteiger partial charge is 0.337 e. The molecular formula is C21H18N2O7S. The van der Waals surface area contributed by atoms with Crippen LogP contribution in [-0.4, -0.2) is 43.4 Å². The van der Waals surface area contributed by atoms with Gasteiger partial charge in [0.25, 0.3) is 5.91 Å². The van der Waals surface area contributed by atoms with Gasteiger partial charge in [-0.15, -0.1) is 0 Å². The van der Waals surface area contributed by atoms with Crippen molar-refractivity contribution in [2.45, 2.75) is 13.0 Å². The Morgan fingerprint density at radius 1 is 1.06 bits per heavy atom. The summed E-state index contributed by atoms with van der Waals surface area (Å²) in [6.07, 6.45) is 0.0521. The lowest BCUT2D eigenvalue weighted by Gasteiger charge is -2.04. The number of rotatable bonds is 5. The second-order valence-corrected chi connectivity index (χ2v) is 7.60. The minimum Gasteiger partial charge on any atom is -0.468 e. The van der Waals surface area contributed by atoms with Crippen LogP contribution in [-0.2, 0) is 32.0 Å². The standard InChI is InChI=1S/C21H18N2O7S/c1-27-19(25)10-23-14-5-4-13(20(26)28-2)9-17(14)31-21(23)22-18(24)8-12-3-6-15-16(7-12)30-11-29-15/h3-7,9H,8,10-11H2,1-2H3. The average molecular weight is 442 g/mol. The van der Waals surface area contributed by atoms with Gasteiger partial charge in [-0.1, -0.05) is 17.4 Å². The van der Waals surface area contributed by atoms with E-state index in [1.165, 1.54) is 25.6 Å². The van der Waals surface area contributed by atoms with Crippen LogP contribution in [0.5, 0.6) is 11.5 Å². The minimum absolute atomic E-state index is 0.0521. The van der Waals surface area contributed by atoms with Crippen LogP contribution in [0.25, 0.3) is 10.2 Å². The summed E-state index contributed by atoms with van der Waals surface area (Å²) < 4.78 is 22.4. The summed E-state index contributed by atoms with van der Waals surface area (Å²) in [4.78, 5) is 40.9. The molecule has 9 nitrogen and oxygen atoms in total. The Labute approximate surface area is 180 Å². The number of hydrogen-bond acceptors (Lipinski definition) is 8. The molecule has 160 valence electrons. The molecule has 0 N–H and O–H groups in total. The molecule has 1 amide bonds. The van der Waals surface area contributed by atoms with Crippen molar-refractivity contribution < 1.29 is 33.3 Å². The molecule has 4 rings (SSSR count). The predicted octanol–water partition coefficient (Wildman–Crippen LogP) is 2.06. The van der Waals surface area contributed by atoms with E-state index in [4.69, 9.17) is 18.9 Å². The number of fused-ring (bicyclic) bond motifs is 2. The molecular weight excluding hydrogens is 424 g/mol. The fourth-order valence-corrected chi connectivity index (χ4v) is 4.21. The lowest BCUT2D eigenvalue weighted by atomic mass is 10.1. The highest BCUT2D eigenvalue weighted by atomic mass is 32.1. The number of benzene rings is 2. The normalized spacial score (nSPS) is 12.8. The lowest BCUT2D eigenvalue weighted by Crippen LogP contribution is -2.22. The van der Waals surface area contributed by atoms with Crippen molar-refractivity contribution in [3.63, 3.8) is 0 Å². The monoisotopic (exact) mass is 442 g/mol. The van der Waals surface area contributed by atoms with E-state index in [0.29, 0.717) is 32.1 Å². The number of amides is 1. The number of methoxy groups -OCH3 is 2. The first kappa shape index (κ1) is 20.6. The van der Waals surface area contributed by atoms with Crippen molar-refractivity contribution in [1.29, 1.82) is 0 Å². The number of thiazole rings is 1. The van der Waals surface area contributed by atoms with E-state index in [9.17, 15) is 14.4 Å². The molecule has 2 aromatic carbocycles. The zero-order valence-corrected chi connectivity index (χ0v) is 17.6. The zero-order valence-electron chi connectivity index (χ0n) is 16.7. The summed E-state index contributed by atoms with van der Waals surface area (Å²) in [6, 6.07) is 10.2. The molecule has 2 heterocycles. The molecule has 1 aliphatic heterocycles. The van der Waals surface area contributed by atoms with E-state index in [-0.39, 0.29) is 19.8 Å². The highest BCUT2D eigenvalue weighted by Gasteiger charge is 2.16. The summed E-state index contributed by atoms with van der Waals surface area (Å²) >= 11 is 1.19. The topological polar surface area (TPSA) is 105 Å². The third-order valence-corrected chi connectivity index (χ3v) is 5.67. The fraction of sp³-hybridized carbons (Fsp3) is 0.238. The maximum atomic E-state index is 12.7. The number of carbonyl (C=O) groups excluding carboxylic acids is 3.